The molecule has 0 radical (unpaired) electrons. The third-order valence-corrected chi connectivity index (χ3v) is 4.86. The summed E-state index contributed by atoms with van der Waals surface area (Å²) in [4.78, 5) is 12.9. The van der Waals surface area contributed by atoms with Gasteiger partial charge in [0.05, 0.1) is 17.6 Å². The van der Waals surface area contributed by atoms with E-state index in [-0.39, 0.29) is 0 Å². The summed E-state index contributed by atoms with van der Waals surface area (Å²) in [7, 11) is -3.47. The number of carbonyl (C=O) groups excluding carboxylic acids is 1. The molecule has 150 valence electrons. The van der Waals surface area contributed by atoms with E-state index in [1.807, 2.05) is 18.2 Å². The van der Waals surface area contributed by atoms with Gasteiger partial charge in [-0.2, -0.15) is 0 Å². The predicted octanol–water partition coefficient (Wildman–Crippen LogP) is 5.06. The van der Waals surface area contributed by atoms with Crippen LogP contribution in [-0.4, -0.2) is 20.6 Å². The fraction of sp³-hybridized carbons (Fsp3) is 0.0952. The summed E-state index contributed by atoms with van der Waals surface area (Å²) in [6.07, 6.45) is 1.05. The lowest BCUT2D eigenvalue weighted by atomic mass is 10.1. The number of benzene rings is 3. The van der Waals surface area contributed by atoms with Crippen LogP contribution >= 0.6 is 11.6 Å². The number of rotatable bonds is 6. The van der Waals surface area contributed by atoms with E-state index in [9.17, 15) is 13.2 Å². The summed E-state index contributed by atoms with van der Waals surface area (Å²) in [5.74, 6) is 0.623. The van der Waals surface area contributed by atoms with Crippen molar-refractivity contribution in [2.45, 2.75) is 6.92 Å². The highest BCUT2D eigenvalue weighted by Gasteiger charge is 2.16. The van der Waals surface area contributed by atoms with Gasteiger partial charge in [0.1, 0.15) is 5.75 Å². The number of ether oxygens (including phenoxy) is 1. The first-order chi connectivity index (χ1) is 13.7. The lowest BCUT2D eigenvalue weighted by molar-refractivity contribution is 0.102. The van der Waals surface area contributed by atoms with E-state index in [1.54, 1.807) is 55.5 Å². The van der Waals surface area contributed by atoms with Gasteiger partial charge in [-0.05, 0) is 55.0 Å². The molecular formula is C21H19ClN2O4S. The van der Waals surface area contributed by atoms with E-state index in [2.05, 4.69) is 10.0 Å². The molecule has 0 saturated heterocycles. The second-order valence-electron chi connectivity index (χ2n) is 6.36. The third-order valence-electron chi connectivity index (χ3n) is 4.03. The van der Waals surface area contributed by atoms with Gasteiger partial charge in [0.25, 0.3) is 5.91 Å². The third kappa shape index (κ3) is 5.49. The molecule has 0 spiro atoms. The van der Waals surface area contributed by atoms with Gasteiger partial charge < -0.3 is 10.1 Å². The Morgan fingerprint density at radius 2 is 1.69 bits per heavy atom. The average Bonchev–Trinajstić information content (AvgIpc) is 2.65. The Balaban J connectivity index is 1.90. The summed E-state index contributed by atoms with van der Waals surface area (Å²) in [6.45, 7) is 1.67. The number of hydrogen-bond donors (Lipinski definition) is 2. The van der Waals surface area contributed by atoms with E-state index in [0.717, 1.165) is 6.26 Å². The Kier molecular flexibility index (Phi) is 6.10. The van der Waals surface area contributed by atoms with Gasteiger partial charge in [-0.15, -0.1) is 0 Å². The zero-order valence-electron chi connectivity index (χ0n) is 15.8. The molecular weight excluding hydrogens is 412 g/mol. The van der Waals surface area contributed by atoms with Crippen LogP contribution in [0.3, 0.4) is 0 Å². The van der Waals surface area contributed by atoms with E-state index in [0.29, 0.717) is 39.0 Å². The van der Waals surface area contributed by atoms with Gasteiger partial charge in [-0.3, -0.25) is 9.52 Å². The Morgan fingerprint density at radius 3 is 2.38 bits per heavy atom. The first kappa shape index (κ1) is 20.7. The van der Waals surface area contributed by atoms with Crippen molar-refractivity contribution in [2.24, 2.45) is 0 Å². The maximum atomic E-state index is 12.9. The van der Waals surface area contributed by atoms with Gasteiger partial charge in [0.15, 0.2) is 5.75 Å². The number of halogens is 1. The molecule has 0 aliphatic heterocycles. The van der Waals surface area contributed by atoms with Crippen molar-refractivity contribution in [3.05, 3.63) is 82.9 Å². The largest absolute Gasteiger partial charge is 0.455 e. The lowest BCUT2D eigenvalue weighted by Crippen LogP contribution is -2.16. The first-order valence-electron chi connectivity index (χ1n) is 8.64. The molecule has 3 aromatic carbocycles. The van der Waals surface area contributed by atoms with Crippen LogP contribution in [-0.2, 0) is 10.0 Å². The minimum atomic E-state index is -3.47. The molecule has 0 fully saturated rings. The van der Waals surface area contributed by atoms with Crippen LogP contribution in [0, 0.1) is 6.92 Å². The molecule has 29 heavy (non-hydrogen) atoms. The fourth-order valence-electron chi connectivity index (χ4n) is 2.69. The lowest BCUT2D eigenvalue weighted by Gasteiger charge is -2.15. The minimum Gasteiger partial charge on any atom is -0.455 e. The normalized spacial score (nSPS) is 11.0. The van der Waals surface area contributed by atoms with Crippen molar-refractivity contribution in [1.29, 1.82) is 0 Å². The molecule has 0 saturated carbocycles. The number of nitrogens with one attached hydrogen (secondary N) is 2. The van der Waals surface area contributed by atoms with Gasteiger partial charge in [-0.25, -0.2) is 8.42 Å². The maximum Gasteiger partial charge on any atom is 0.256 e. The van der Waals surface area contributed by atoms with Gasteiger partial charge in [-0.1, -0.05) is 35.9 Å². The molecule has 0 aromatic heterocycles. The van der Waals surface area contributed by atoms with Crippen LogP contribution in [0.5, 0.6) is 11.5 Å². The highest BCUT2D eigenvalue weighted by Crippen LogP contribution is 2.32. The summed E-state index contributed by atoms with van der Waals surface area (Å²) in [5.41, 5.74) is 1.56. The molecule has 0 unspecified atom stereocenters. The Hall–Kier alpha value is -3.03. The van der Waals surface area contributed by atoms with E-state index >= 15 is 0 Å². The quantitative estimate of drug-likeness (QED) is 0.572. The van der Waals surface area contributed by atoms with Crippen molar-refractivity contribution >= 4 is 38.9 Å². The van der Waals surface area contributed by atoms with Crippen molar-refractivity contribution in [2.75, 3.05) is 16.3 Å². The molecule has 6 nitrogen and oxygen atoms in total. The number of para-hydroxylation sites is 1. The molecule has 3 rings (SSSR count). The summed E-state index contributed by atoms with van der Waals surface area (Å²) >= 11 is 6.09. The number of sulfonamides is 1. The molecule has 3 aromatic rings. The molecule has 0 heterocycles. The molecule has 0 aliphatic rings. The fourth-order valence-corrected chi connectivity index (χ4v) is 3.48. The molecule has 0 aliphatic carbocycles. The van der Waals surface area contributed by atoms with Crippen molar-refractivity contribution in [1.82, 2.24) is 0 Å². The van der Waals surface area contributed by atoms with E-state index in [4.69, 9.17) is 16.3 Å². The van der Waals surface area contributed by atoms with Crippen molar-refractivity contribution < 1.29 is 17.9 Å². The van der Waals surface area contributed by atoms with Gasteiger partial charge in [0.2, 0.25) is 10.0 Å². The molecule has 2 N–H and O–H groups in total. The SMILES string of the molecule is Cc1c(NS(C)(=O)=O)cccc1C(=O)Nc1cc(Cl)ccc1Oc1ccccc1. The highest BCUT2D eigenvalue weighted by molar-refractivity contribution is 7.92. The topological polar surface area (TPSA) is 84.5 Å². The summed E-state index contributed by atoms with van der Waals surface area (Å²) in [5, 5.41) is 3.23. The molecule has 0 atom stereocenters. The number of anilines is 2. The minimum absolute atomic E-state index is 0.323. The standard InChI is InChI=1S/C21H19ClN2O4S/c1-14-17(9-6-10-18(14)24-29(2,26)27)21(25)23-19-13-15(22)11-12-20(19)28-16-7-4-3-5-8-16/h3-13,24H,1-2H3,(H,23,25). The molecule has 1 amide bonds. The zero-order valence-corrected chi connectivity index (χ0v) is 17.3. The average molecular weight is 431 g/mol. The van der Waals surface area contributed by atoms with Gasteiger partial charge in [0, 0.05) is 10.6 Å². The number of carbonyl (C=O) groups is 1. The van der Waals surface area contributed by atoms with Crippen molar-refractivity contribution in [3.63, 3.8) is 0 Å². The Morgan fingerprint density at radius 1 is 0.966 bits per heavy atom. The van der Waals surface area contributed by atoms with E-state index < -0.39 is 15.9 Å². The maximum absolute atomic E-state index is 12.9. The van der Waals surface area contributed by atoms with Crippen LogP contribution in [0.4, 0.5) is 11.4 Å². The summed E-state index contributed by atoms with van der Waals surface area (Å²) < 4.78 is 31.3. The molecule has 8 heteroatoms. The number of amides is 1. The highest BCUT2D eigenvalue weighted by atomic mass is 35.5. The zero-order chi connectivity index (χ0) is 21.0. The predicted molar refractivity (Wildman–Crippen MR) is 116 cm³/mol. The van der Waals surface area contributed by atoms with Crippen LogP contribution in [0.1, 0.15) is 15.9 Å². The van der Waals surface area contributed by atoms with Crippen molar-refractivity contribution in [3.8, 4) is 11.5 Å². The molecule has 0 bridgehead atoms. The Labute approximate surface area is 174 Å². The monoisotopic (exact) mass is 430 g/mol. The van der Waals surface area contributed by atoms with Crippen LogP contribution < -0.4 is 14.8 Å². The summed E-state index contributed by atoms with van der Waals surface area (Å²) in [6, 6.07) is 18.9. The van der Waals surface area contributed by atoms with Gasteiger partial charge >= 0.3 is 0 Å². The smallest absolute Gasteiger partial charge is 0.256 e. The van der Waals surface area contributed by atoms with Crippen LogP contribution in [0.2, 0.25) is 5.02 Å². The number of hydrogen-bond acceptors (Lipinski definition) is 4. The first-order valence-corrected chi connectivity index (χ1v) is 10.9. The Bertz CT molecular complexity index is 1150. The van der Waals surface area contributed by atoms with Crippen LogP contribution in [0.25, 0.3) is 0 Å². The second-order valence-corrected chi connectivity index (χ2v) is 8.55. The second kappa shape index (κ2) is 8.55. The van der Waals surface area contributed by atoms with Crippen LogP contribution in [0.15, 0.2) is 66.7 Å². The van der Waals surface area contributed by atoms with E-state index in [1.165, 1.54) is 0 Å².